The predicted molar refractivity (Wildman–Crippen MR) is 96.2 cm³/mol. The minimum atomic E-state index is -0.516. The lowest BCUT2D eigenvalue weighted by atomic mass is 9.95. The van der Waals surface area contributed by atoms with E-state index in [4.69, 9.17) is 10.5 Å². The first-order valence-corrected chi connectivity index (χ1v) is 8.45. The van der Waals surface area contributed by atoms with Gasteiger partial charge in [0, 0.05) is 50.3 Å². The van der Waals surface area contributed by atoms with Crippen molar-refractivity contribution in [2.45, 2.75) is 24.9 Å². The second kappa shape index (κ2) is 7.57. The number of carbonyl (C=O) groups excluding carboxylic acids is 1. The van der Waals surface area contributed by atoms with E-state index in [2.05, 4.69) is 4.98 Å². The standard InChI is InChI=1S/C18H22N4O4/c1-26-13-4-2-3-12(9-13)14-10-22(11-15(14)19)17(24)6-8-21-7-5-16(23)20-18(21)25/h2-5,7,9,14-15H,6,8,10-11,19H2,1H3,(H,20,23,25)/t14-,15+/m1/s1. The van der Waals surface area contributed by atoms with Crippen molar-refractivity contribution in [3.05, 3.63) is 62.9 Å². The highest BCUT2D eigenvalue weighted by Crippen LogP contribution is 2.29. The van der Waals surface area contributed by atoms with Gasteiger partial charge in [0.1, 0.15) is 5.75 Å². The fourth-order valence-corrected chi connectivity index (χ4v) is 3.25. The normalized spacial score (nSPS) is 19.5. The maximum Gasteiger partial charge on any atom is 0.328 e. The summed E-state index contributed by atoms with van der Waals surface area (Å²) in [5.41, 5.74) is 6.32. The van der Waals surface area contributed by atoms with Crippen LogP contribution in [0.15, 0.2) is 46.1 Å². The first-order chi connectivity index (χ1) is 12.5. The Bertz CT molecular complexity index is 904. The quantitative estimate of drug-likeness (QED) is 0.775. The highest BCUT2D eigenvalue weighted by Gasteiger charge is 2.33. The number of likely N-dealkylation sites (tertiary alicyclic amines) is 1. The third-order valence-corrected chi connectivity index (χ3v) is 4.70. The van der Waals surface area contributed by atoms with Crippen LogP contribution in [0.2, 0.25) is 0 Å². The lowest BCUT2D eigenvalue weighted by Crippen LogP contribution is -2.34. The van der Waals surface area contributed by atoms with Gasteiger partial charge in [0.25, 0.3) is 5.56 Å². The molecule has 2 heterocycles. The van der Waals surface area contributed by atoms with Gasteiger partial charge in [-0.05, 0) is 17.7 Å². The number of hydrogen-bond donors (Lipinski definition) is 2. The Kier molecular flexibility index (Phi) is 5.22. The van der Waals surface area contributed by atoms with Gasteiger partial charge in [-0.3, -0.25) is 14.6 Å². The van der Waals surface area contributed by atoms with E-state index >= 15 is 0 Å². The van der Waals surface area contributed by atoms with Gasteiger partial charge in [0.2, 0.25) is 5.91 Å². The van der Waals surface area contributed by atoms with Gasteiger partial charge in [0.05, 0.1) is 7.11 Å². The average Bonchev–Trinajstić information content (AvgIpc) is 3.02. The molecule has 8 heteroatoms. The second-order valence-electron chi connectivity index (χ2n) is 6.40. The molecule has 1 aliphatic heterocycles. The van der Waals surface area contributed by atoms with Gasteiger partial charge in [-0.25, -0.2) is 4.79 Å². The number of carbonyl (C=O) groups is 1. The Morgan fingerprint density at radius 1 is 1.31 bits per heavy atom. The van der Waals surface area contributed by atoms with Gasteiger partial charge in [0.15, 0.2) is 0 Å². The van der Waals surface area contributed by atoms with Crippen LogP contribution >= 0.6 is 0 Å². The molecule has 2 atom stereocenters. The molecule has 1 amide bonds. The van der Waals surface area contributed by atoms with Crippen LogP contribution in [0.4, 0.5) is 0 Å². The Hall–Kier alpha value is -2.87. The van der Waals surface area contributed by atoms with E-state index < -0.39 is 11.2 Å². The Morgan fingerprint density at radius 3 is 2.85 bits per heavy atom. The predicted octanol–water partition coefficient (Wildman–Crippen LogP) is -0.111. The number of nitrogens with one attached hydrogen (secondary N) is 1. The molecule has 0 aliphatic carbocycles. The van der Waals surface area contributed by atoms with Gasteiger partial charge in [-0.1, -0.05) is 12.1 Å². The molecule has 3 rings (SSSR count). The van der Waals surface area contributed by atoms with Crippen LogP contribution in [0.3, 0.4) is 0 Å². The number of H-pyrrole nitrogens is 1. The fraction of sp³-hybridized carbons (Fsp3) is 0.389. The molecular formula is C18H22N4O4. The zero-order valence-electron chi connectivity index (χ0n) is 14.6. The average molecular weight is 358 g/mol. The van der Waals surface area contributed by atoms with Crippen LogP contribution < -0.4 is 21.7 Å². The molecule has 1 saturated heterocycles. The third kappa shape index (κ3) is 3.85. The minimum Gasteiger partial charge on any atom is -0.497 e. The fourth-order valence-electron chi connectivity index (χ4n) is 3.25. The summed E-state index contributed by atoms with van der Waals surface area (Å²) in [5, 5.41) is 0. The Morgan fingerprint density at radius 2 is 2.12 bits per heavy atom. The summed E-state index contributed by atoms with van der Waals surface area (Å²) in [7, 11) is 1.61. The highest BCUT2D eigenvalue weighted by atomic mass is 16.5. The molecule has 8 nitrogen and oxygen atoms in total. The molecule has 0 spiro atoms. The van der Waals surface area contributed by atoms with E-state index in [0.29, 0.717) is 13.1 Å². The number of ether oxygens (including phenoxy) is 1. The van der Waals surface area contributed by atoms with Crippen molar-refractivity contribution in [1.29, 1.82) is 0 Å². The number of nitrogens with zero attached hydrogens (tertiary/aromatic N) is 2. The van der Waals surface area contributed by atoms with Crippen LogP contribution in [-0.4, -0.2) is 46.6 Å². The molecule has 0 radical (unpaired) electrons. The van der Waals surface area contributed by atoms with Crippen molar-refractivity contribution in [2.75, 3.05) is 20.2 Å². The molecule has 2 aromatic rings. The Labute approximate surface area is 150 Å². The topological polar surface area (TPSA) is 110 Å². The molecule has 138 valence electrons. The van der Waals surface area contributed by atoms with E-state index in [1.165, 1.54) is 16.8 Å². The Balaban J connectivity index is 1.64. The monoisotopic (exact) mass is 358 g/mol. The number of nitrogens with two attached hydrogens (primary N) is 1. The molecule has 1 aromatic carbocycles. The van der Waals surface area contributed by atoms with Gasteiger partial charge in [-0.15, -0.1) is 0 Å². The minimum absolute atomic E-state index is 0.0462. The van der Waals surface area contributed by atoms with Crippen LogP contribution in [0.25, 0.3) is 0 Å². The molecule has 0 unspecified atom stereocenters. The van der Waals surface area contributed by atoms with Crippen molar-refractivity contribution in [1.82, 2.24) is 14.5 Å². The molecule has 26 heavy (non-hydrogen) atoms. The van der Waals surface area contributed by atoms with Crippen molar-refractivity contribution < 1.29 is 9.53 Å². The first-order valence-electron chi connectivity index (χ1n) is 8.45. The number of aryl methyl sites for hydroxylation is 1. The number of aromatic nitrogens is 2. The summed E-state index contributed by atoms with van der Waals surface area (Å²) in [6.07, 6.45) is 1.56. The molecule has 1 aromatic heterocycles. The lowest BCUT2D eigenvalue weighted by molar-refractivity contribution is -0.130. The van der Waals surface area contributed by atoms with Crippen LogP contribution in [0.5, 0.6) is 5.75 Å². The lowest BCUT2D eigenvalue weighted by Gasteiger charge is -2.17. The van der Waals surface area contributed by atoms with E-state index in [0.717, 1.165) is 11.3 Å². The van der Waals surface area contributed by atoms with E-state index in [9.17, 15) is 14.4 Å². The molecule has 1 aliphatic rings. The summed E-state index contributed by atoms with van der Waals surface area (Å²) in [5.74, 6) is 0.741. The number of methoxy groups -OCH3 is 1. The van der Waals surface area contributed by atoms with Gasteiger partial charge in [-0.2, -0.15) is 0 Å². The van der Waals surface area contributed by atoms with Crippen LogP contribution in [-0.2, 0) is 11.3 Å². The van der Waals surface area contributed by atoms with Crippen LogP contribution in [0, 0.1) is 0 Å². The van der Waals surface area contributed by atoms with Gasteiger partial charge < -0.3 is 19.9 Å². The molecule has 1 fully saturated rings. The number of benzene rings is 1. The van der Waals surface area contributed by atoms with Crippen molar-refractivity contribution in [2.24, 2.45) is 5.73 Å². The maximum atomic E-state index is 12.5. The third-order valence-electron chi connectivity index (χ3n) is 4.70. The number of aromatic amines is 1. The zero-order valence-corrected chi connectivity index (χ0v) is 14.6. The largest absolute Gasteiger partial charge is 0.497 e. The molecular weight excluding hydrogens is 336 g/mol. The van der Waals surface area contributed by atoms with Crippen molar-refractivity contribution >= 4 is 5.91 Å². The first kappa shape index (κ1) is 17.9. The number of amides is 1. The summed E-state index contributed by atoms with van der Waals surface area (Å²) in [6, 6.07) is 8.82. The highest BCUT2D eigenvalue weighted by molar-refractivity contribution is 5.76. The zero-order chi connectivity index (χ0) is 18.7. The van der Waals surface area contributed by atoms with E-state index in [1.807, 2.05) is 24.3 Å². The van der Waals surface area contributed by atoms with E-state index in [-0.39, 0.29) is 30.8 Å². The van der Waals surface area contributed by atoms with Crippen molar-refractivity contribution in [3.8, 4) is 5.75 Å². The van der Waals surface area contributed by atoms with E-state index in [1.54, 1.807) is 12.0 Å². The molecule has 0 saturated carbocycles. The number of rotatable bonds is 5. The molecule has 0 bridgehead atoms. The summed E-state index contributed by atoms with van der Waals surface area (Å²) in [6.45, 7) is 1.22. The summed E-state index contributed by atoms with van der Waals surface area (Å²) >= 11 is 0. The molecule has 3 N–H and O–H groups in total. The van der Waals surface area contributed by atoms with Gasteiger partial charge >= 0.3 is 5.69 Å². The number of hydrogen-bond acceptors (Lipinski definition) is 5. The summed E-state index contributed by atoms with van der Waals surface area (Å²) < 4.78 is 6.57. The smallest absolute Gasteiger partial charge is 0.328 e. The SMILES string of the molecule is COc1cccc([C@H]2CN(C(=O)CCn3ccc(=O)[nH]c3=O)C[C@@H]2N)c1. The van der Waals surface area contributed by atoms with Crippen LogP contribution in [0.1, 0.15) is 17.9 Å². The van der Waals surface area contributed by atoms with Crippen molar-refractivity contribution in [3.63, 3.8) is 0 Å². The summed E-state index contributed by atoms with van der Waals surface area (Å²) in [4.78, 5) is 39.2. The second-order valence-corrected chi connectivity index (χ2v) is 6.40. The maximum absolute atomic E-state index is 12.5.